The van der Waals surface area contributed by atoms with Crippen molar-refractivity contribution in [1.29, 1.82) is 0 Å². The van der Waals surface area contributed by atoms with Gasteiger partial charge in [-0.2, -0.15) is 0 Å². The standard InChI is InChI=1S/C16H19ClN2O/c1-3-20-15-9-13(10-19-11-15)16(18-2)8-12-4-6-14(17)7-5-12/h4-7,9-11,16,18H,3,8H2,1-2H3. The van der Waals surface area contributed by atoms with Gasteiger partial charge in [0.2, 0.25) is 0 Å². The zero-order valence-corrected chi connectivity index (χ0v) is 12.5. The molecule has 0 bridgehead atoms. The Labute approximate surface area is 124 Å². The molecule has 0 fully saturated rings. The van der Waals surface area contributed by atoms with Crippen LogP contribution in [0.1, 0.15) is 24.1 Å². The molecule has 1 atom stereocenters. The van der Waals surface area contributed by atoms with Crippen LogP contribution in [0.25, 0.3) is 0 Å². The summed E-state index contributed by atoms with van der Waals surface area (Å²) in [5.74, 6) is 0.807. The SMILES string of the molecule is CCOc1cncc(C(Cc2ccc(Cl)cc2)NC)c1. The summed E-state index contributed by atoms with van der Waals surface area (Å²) >= 11 is 5.91. The van der Waals surface area contributed by atoms with E-state index >= 15 is 0 Å². The minimum absolute atomic E-state index is 0.198. The Morgan fingerprint density at radius 3 is 2.65 bits per heavy atom. The van der Waals surface area contributed by atoms with Gasteiger partial charge in [0.1, 0.15) is 5.75 Å². The van der Waals surface area contributed by atoms with Crippen molar-refractivity contribution >= 4 is 11.6 Å². The fourth-order valence-corrected chi connectivity index (χ4v) is 2.24. The van der Waals surface area contributed by atoms with Gasteiger partial charge in [0.25, 0.3) is 0 Å². The van der Waals surface area contributed by atoms with Gasteiger partial charge in [-0.1, -0.05) is 23.7 Å². The smallest absolute Gasteiger partial charge is 0.137 e. The molecule has 1 aromatic heterocycles. The molecule has 0 aliphatic rings. The minimum Gasteiger partial charge on any atom is -0.492 e. The molecule has 20 heavy (non-hydrogen) atoms. The quantitative estimate of drug-likeness (QED) is 0.882. The predicted molar refractivity (Wildman–Crippen MR) is 82.4 cm³/mol. The normalized spacial score (nSPS) is 12.2. The summed E-state index contributed by atoms with van der Waals surface area (Å²) in [6, 6.07) is 10.2. The number of halogens is 1. The molecule has 2 aromatic rings. The van der Waals surface area contributed by atoms with E-state index in [0.717, 1.165) is 22.8 Å². The number of benzene rings is 1. The second-order valence-corrected chi connectivity index (χ2v) is 5.00. The Morgan fingerprint density at radius 2 is 2.00 bits per heavy atom. The Bertz CT molecular complexity index is 542. The van der Waals surface area contributed by atoms with Crippen molar-refractivity contribution in [3.8, 4) is 5.75 Å². The number of pyridine rings is 1. The number of nitrogens with zero attached hydrogens (tertiary/aromatic N) is 1. The minimum atomic E-state index is 0.198. The van der Waals surface area contributed by atoms with Crippen molar-refractivity contribution in [2.45, 2.75) is 19.4 Å². The van der Waals surface area contributed by atoms with Gasteiger partial charge in [-0.15, -0.1) is 0 Å². The molecule has 0 saturated carbocycles. The maximum absolute atomic E-state index is 5.91. The van der Waals surface area contributed by atoms with Gasteiger partial charge in [0, 0.05) is 17.3 Å². The Hall–Kier alpha value is -1.58. The van der Waals surface area contributed by atoms with Crippen molar-refractivity contribution in [3.05, 3.63) is 58.9 Å². The number of aromatic nitrogens is 1. The van der Waals surface area contributed by atoms with Gasteiger partial charge in [-0.3, -0.25) is 4.98 Å². The Balaban J connectivity index is 2.15. The average molecular weight is 291 g/mol. The molecule has 0 aliphatic heterocycles. The summed E-state index contributed by atoms with van der Waals surface area (Å²) in [7, 11) is 1.95. The Kier molecular flexibility index (Phi) is 5.39. The van der Waals surface area contributed by atoms with E-state index < -0.39 is 0 Å². The van der Waals surface area contributed by atoms with E-state index in [1.54, 1.807) is 6.20 Å². The third-order valence-corrected chi connectivity index (χ3v) is 3.40. The number of hydrogen-bond acceptors (Lipinski definition) is 3. The predicted octanol–water partition coefficient (Wildman–Crippen LogP) is 3.64. The highest BCUT2D eigenvalue weighted by atomic mass is 35.5. The highest BCUT2D eigenvalue weighted by Gasteiger charge is 2.11. The molecule has 0 amide bonds. The van der Waals surface area contributed by atoms with Crippen LogP contribution >= 0.6 is 11.6 Å². The first-order chi connectivity index (χ1) is 9.72. The van der Waals surface area contributed by atoms with Crippen LogP contribution in [0.15, 0.2) is 42.7 Å². The number of rotatable bonds is 6. The van der Waals surface area contributed by atoms with Crippen molar-refractivity contribution in [1.82, 2.24) is 10.3 Å². The topological polar surface area (TPSA) is 34.1 Å². The fraction of sp³-hybridized carbons (Fsp3) is 0.312. The molecule has 1 aromatic carbocycles. The molecule has 0 spiro atoms. The van der Waals surface area contributed by atoms with Crippen molar-refractivity contribution in [3.63, 3.8) is 0 Å². The number of hydrogen-bond donors (Lipinski definition) is 1. The summed E-state index contributed by atoms with van der Waals surface area (Å²) in [6.07, 6.45) is 4.49. The monoisotopic (exact) mass is 290 g/mol. The molecule has 1 unspecified atom stereocenters. The molecule has 2 rings (SSSR count). The highest BCUT2D eigenvalue weighted by Crippen LogP contribution is 2.22. The molecule has 0 saturated heterocycles. The zero-order chi connectivity index (χ0) is 14.4. The van der Waals surface area contributed by atoms with Crippen molar-refractivity contribution in [2.24, 2.45) is 0 Å². The first-order valence-electron chi connectivity index (χ1n) is 6.72. The van der Waals surface area contributed by atoms with Crippen molar-refractivity contribution < 1.29 is 4.74 Å². The zero-order valence-electron chi connectivity index (χ0n) is 11.8. The van der Waals surface area contributed by atoms with Crippen LogP contribution in [0.3, 0.4) is 0 Å². The molecular formula is C16H19ClN2O. The van der Waals surface area contributed by atoms with Crippen molar-refractivity contribution in [2.75, 3.05) is 13.7 Å². The molecule has 1 heterocycles. The van der Waals surface area contributed by atoms with E-state index in [-0.39, 0.29) is 6.04 Å². The lowest BCUT2D eigenvalue weighted by Gasteiger charge is -2.17. The van der Waals surface area contributed by atoms with Crippen LogP contribution in [-0.4, -0.2) is 18.6 Å². The lowest BCUT2D eigenvalue weighted by Crippen LogP contribution is -2.19. The summed E-state index contributed by atoms with van der Waals surface area (Å²) in [5, 5.41) is 4.08. The first kappa shape index (κ1) is 14.8. The molecule has 4 heteroatoms. The van der Waals surface area contributed by atoms with Gasteiger partial charge in [-0.25, -0.2) is 0 Å². The van der Waals surface area contributed by atoms with Gasteiger partial charge in [-0.05, 0) is 49.7 Å². The fourth-order valence-electron chi connectivity index (χ4n) is 2.11. The molecule has 0 radical (unpaired) electrons. The van der Waals surface area contributed by atoms with Gasteiger partial charge >= 0.3 is 0 Å². The van der Waals surface area contributed by atoms with Crippen LogP contribution in [0.5, 0.6) is 5.75 Å². The number of nitrogens with one attached hydrogen (secondary N) is 1. The van der Waals surface area contributed by atoms with Crippen LogP contribution in [0.4, 0.5) is 0 Å². The van der Waals surface area contributed by atoms with E-state index in [0.29, 0.717) is 6.61 Å². The molecule has 0 aliphatic carbocycles. The second kappa shape index (κ2) is 7.27. The second-order valence-electron chi connectivity index (χ2n) is 4.56. The molecular weight excluding hydrogens is 272 g/mol. The summed E-state index contributed by atoms with van der Waals surface area (Å²) in [5.41, 5.74) is 2.35. The third-order valence-electron chi connectivity index (χ3n) is 3.15. The maximum Gasteiger partial charge on any atom is 0.137 e. The lowest BCUT2D eigenvalue weighted by atomic mass is 10.0. The molecule has 3 nitrogen and oxygen atoms in total. The van der Waals surface area contributed by atoms with E-state index in [2.05, 4.69) is 10.3 Å². The largest absolute Gasteiger partial charge is 0.492 e. The van der Waals surface area contributed by atoms with E-state index in [1.807, 2.05) is 50.5 Å². The lowest BCUT2D eigenvalue weighted by molar-refractivity contribution is 0.338. The number of likely N-dealkylation sites (N-methyl/N-ethyl adjacent to an activating group) is 1. The highest BCUT2D eigenvalue weighted by molar-refractivity contribution is 6.30. The van der Waals surface area contributed by atoms with Crippen LogP contribution in [0, 0.1) is 0 Å². The molecule has 1 N–H and O–H groups in total. The summed E-state index contributed by atoms with van der Waals surface area (Å²) in [6.45, 7) is 2.61. The van der Waals surface area contributed by atoms with Gasteiger partial charge < -0.3 is 10.1 Å². The van der Waals surface area contributed by atoms with Crippen LogP contribution in [0.2, 0.25) is 5.02 Å². The first-order valence-corrected chi connectivity index (χ1v) is 7.10. The van der Waals surface area contributed by atoms with Gasteiger partial charge in [0.15, 0.2) is 0 Å². The average Bonchev–Trinajstić information content (AvgIpc) is 2.47. The maximum atomic E-state index is 5.91. The van der Waals surface area contributed by atoms with E-state index in [9.17, 15) is 0 Å². The van der Waals surface area contributed by atoms with E-state index in [4.69, 9.17) is 16.3 Å². The molecule has 106 valence electrons. The third kappa shape index (κ3) is 3.95. The Morgan fingerprint density at radius 1 is 1.25 bits per heavy atom. The van der Waals surface area contributed by atoms with E-state index in [1.165, 1.54) is 5.56 Å². The summed E-state index contributed by atoms with van der Waals surface area (Å²) in [4.78, 5) is 4.24. The summed E-state index contributed by atoms with van der Waals surface area (Å²) < 4.78 is 5.50. The van der Waals surface area contributed by atoms with Crippen LogP contribution < -0.4 is 10.1 Å². The number of ether oxygens (including phenoxy) is 1. The van der Waals surface area contributed by atoms with Gasteiger partial charge in [0.05, 0.1) is 12.8 Å². The van der Waals surface area contributed by atoms with Crippen LogP contribution in [-0.2, 0) is 6.42 Å².